The van der Waals surface area contributed by atoms with Crippen LogP contribution >= 0.6 is 11.6 Å². The Morgan fingerprint density at radius 1 is 1.62 bits per heavy atom. The van der Waals surface area contributed by atoms with Crippen LogP contribution in [0, 0.1) is 12.7 Å². The third-order valence-electron chi connectivity index (χ3n) is 1.71. The van der Waals surface area contributed by atoms with Crippen molar-refractivity contribution in [2.75, 3.05) is 0 Å². The molecule has 0 heterocycles. The van der Waals surface area contributed by atoms with Gasteiger partial charge in [-0.05, 0) is 24.6 Å². The first-order chi connectivity index (χ1) is 6.00. The van der Waals surface area contributed by atoms with Gasteiger partial charge < -0.3 is 5.11 Å². The normalized spacial score (nSPS) is 10.1. The molecule has 13 heavy (non-hydrogen) atoms. The number of rotatable bonds is 2. The summed E-state index contributed by atoms with van der Waals surface area (Å²) in [7, 11) is 0. The molecule has 1 rings (SSSR count). The van der Waals surface area contributed by atoms with Crippen LogP contribution in [0.1, 0.15) is 11.1 Å². The van der Waals surface area contributed by atoms with E-state index in [-0.39, 0.29) is 17.0 Å². The first-order valence-electron chi connectivity index (χ1n) is 3.67. The Labute approximate surface area is 80.0 Å². The zero-order chi connectivity index (χ0) is 10.0. The van der Waals surface area contributed by atoms with Gasteiger partial charge >= 0.3 is 5.97 Å². The van der Waals surface area contributed by atoms with Crippen LogP contribution in [0.3, 0.4) is 0 Å². The van der Waals surface area contributed by atoms with Crippen molar-refractivity contribution in [3.63, 3.8) is 0 Å². The van der Waals surface area contributed by atoms with Gasteiger partial charge in [0, 0.05) is 10.6 Å². The molecule has 1 N–H and O–H groups in total. The zero-order valence-corrected chi connectivity index (χ0v) is 7.73. The van der Waals surface area contributed by atoms with Crippen LogP contribution in [-0.2, 0) is 11.2 Å². The molecule has 70 valence electrons. The molecule has 0 amide bonds. The molecule has 1 aromatic rings. The van der Waals surface area contributed by atoms with Gasteiger partial charge in [-0.15, -0.1) is 0 Å². The predicted molar refractivity (Wildman–Crippen MR) is 47.5 cm³/mol. The standard InChI is InChI=1S/C9H8ClFO2/c1-5-2-6(10)3-8(11)7(5)4-9(12)13/h2-3H,4H2,1H3,(H,12,13). The second-order valence-corrected chi connectivity index (χ2v) is 3.19. The van der Waals surface area contributed by atoms with E-state index in [0.29, 0.717) is 5.56 Å². The van der Waals surface area contributed by atoms with Gasteiger partial charge in [-0.3, -0.25) is 4.79 Å². The van der Waals surface area contributed by atoms with Gasteiger partial charge in [-0.25, -0.2) is 4.39 Å². The van der Waals surface area contributed by atoms with Crippen LogP contribution in [0.15, 0.2) is 12.1 Å². The Morgan fingerprint density at radius 2 is 2.23 bits per heavy atom. The summed E-state index contributed by atoms with van der Waals surface area (Å²) < 4.78 is 13.1. The van der Waals surface area contributed by atoms with E-state index in [4.69, 9.17) is 16.7 Å². The van der Waals surface area contributed by atoms with Crippen molar-refractivity contribution >= 4 is 17.6 Å². The van der Waals surface area contributed by atoms with Gasteiger partial charge in [0.1, 0.15) is 5.82 Å². The van der Waals surface area contributed by atoms with Crippen molar-refractivity contribution in [3.05, 3.63) is 34.1 Å². The fraction of sp³-hybridized carbons (Fsp3) is 0.222. The number of hydrogen-bond donors (Lipinski definition) is 1. The maximum absolute atomic E-state index is 13.1. The Balaban J connectivity index is 3.13. The predicted octanol–water partition coefficient (Wildman–Crippen LogP) is 2.41. The fourth-order valence-electron chi connectivity index (χ4n) is 1.11. The average Bonchev–Trinajstić information content (AvgIpc) is 1.96. The molecule has 0 spiro atoms. The lowest BCUT2D eigenvalue weighted by atomic mass is 10.1. The van der Waals surface area contributed by atoms with Crippen molar-refractivity contribution in [1.29, 1.82) is 0 Å². The molecule has 0 unspecified atom stereocenters. The van der Waals surface area contributed by atoms with Gasteiger partial charge in [0.25, 0.3) is 0 Å². The molecule has 2 nitrogen and oxygen atoms in total. The summed E-state index contributed by atoms with van der Waals surface area (Å²) in [5, 5.41) is 8.77. The van der Waals surface area contributed by atoms with Crippen molar-refractivity contribution in [2.24, 2.45) is 0 Å². The quantitative estimate of drug-likeness (QED) is 0.800. The van der Waals surface area contributed by atoms with E-state index in [2.05, 4.69) is 0 Å². The number of aryl methyl sites for hydroxylation is 1. The molecule has 0 aliphatic carbocycles. The maximum atomic E-state index is 13.1. The Hall–Kier alpha value is -1.09. The topological polar surface area (TPSA) is 37.3 Å². The summed E-state index contributed by atoms with van der Waals surface area (Å²) in [4.78, 5) is 10.4. The molecular formula is C9H8ClFO2. The minimum absolute atomic E-state index is 0.192. The lowest BCUT2D eigenvalue weighted by Gasteiger charge is -2.04. The SMILES string of the molecule is Cc1cc(Cl)cc(F)c1CC(=O)O. The summed E-state index contributed by atoms with van der Waals surface area (Å²) in [5.41, 5.74) is 0.754. The summed E-state index contributed by atoms with van der Waals surface area (Å²) >= 11 is 5.57. The monoisotopic (exact) mass is 202 g/mol. The third-order valence-corrected chi connectivity index (χ3v) is 1.93. The van der Waals surface area contributed by atoms with E-state index in [0.717, 1.165) is 6.07 Å². The van der Waals surface area contributed by atoms with Crippen molar-refractivity contribution < 1.29 is 14.3 Å². The van der Waals surface area contributed by atoms with Crippen LogP contribution in [0.5, 0.6) is 0 Å². The maximum Gasteiger partial charge on any atom is 0.307 e. The molecule has 1 aromatic carbocycles. The number of halogens is 2. The Kier molecular flexibility index (Phi) is 2.88. The van der Waals surface area contributed by atoms with Crippen LogP contribution in [0.4, 0.5) is 4.39 Å². The number of carboxylic acid groups (broad SMARTS) is 1. The third kappa shape index (κ3) is 2.42. The molecule has 0 aliphatic heterocycles. The van der Waals surface area contributed by atoms with Gasteiger partial charge in [-0.1, -0.05) is 11.6 Å². The Bertz CT molecular complexity index is 326. The molecule has 0 aromatic heterocycles. The minimum Gasteiger partial charge on any atom is -0.481 e. The van der Waals surface area contributed by atoms with Crippen LogP contribution < -0.4 is 0 Å². The van der Waals surface area contributed by atoms with E-state index in [1.807, 2.05) is 0 Å². The highest BCUT2D eigenvalue weighted by atomic mass is 35.5. The highest BCUT2D eigenvalue weighted by Crippen LogP contribution is 2.19. The van der Waals surface area contributed by atoms with E-state index >= 15 is 0 Å². The molecule has 0 saturated heterocycles. The molecule has 0 saturated carbocycles. The lowest BCUT2D eigenvalue weighted by Crippen LogP contribution is -2.04. The fourth-order valence-corrected chi connectivity index (χ4v) is 1.37. The number of carboxylic acids is 1. The molecule has 0 aliphatic rings. The average molecular weight is 203 g/mol. The zero-order valence-electron chi connectivity index (χ0n) is 6.97. The first kappa shape index (κ1) is 9.99. The Morgan fingerprint density at radius 3 is 2.69 bits per heavy atom. The molecule has 0 atom stereocenters. The van der Waals surface area contributed by atoms with Crippen molar-refractivity contribution in [2.45, 2.75) is 13.3 Å². The highest BCUT2D eigenvalue weighted by molar-refractivity contribution is 6.30. The van der Waals surface area contributed by atoms with Gasteiger partial charge in [-0.2, -0.15) is 0 Å². The number of benzene rings is 1. The first-order valence-corrected chi connectivity index (χ1v) is 4.05. The highest BCUT2D eigenvalue weighted by Gasteiger charge is 2.10. The van der Waals surface area contributed by atoms with E-state index in [1.165, 1.54) is 0 Å². The van der Waals surface area contributed by atoms with Crippen LogP contribution in [0.2, 0.25) is 5.02 Å². The molecule has 0 radical (unpaired) electrons. The number of carbonyl (C=O) groups is 1. The lowest BCUT2D eigenvalue weighted by molar-refractivity contribution is -0.136. The van der Waals surface area contributed by atoms with Gasteiger partial charge in [0.2, 0.25) is 0 Å². The second-order valence-electron chi connectivity index (χ2n) is 2.75. The minimum atomic E-state index is -1.05. The van der Waals surface area contributed by atoms with E-state index in [9.17, 15) is 9.18 Å². The van der Waals surface area contributed by atoms with Crippen LogP contribution in [0.25, 0.3) is 0 Å². The van der Waals surface area contributed by atoms with E-state index in [1.54, 1.807) is 13.0 Å². The summed E-state index contributed by atoms with van der Waals surface area (Å²) in [5.74, 6) is -1.61. The summed E-state index contributed by atoms with van der Waals surface area (Å²) in [6.45, 7) is 1.63. The van der Waals surface area contributed by atoms with E-state index < -0.39 is 11.8 Å². The summed E-state index contributed by atoms with van der Waals surface area (Å²) in [6, 6.07) is 2.66. The smallest absolute Gasteiger partial charge is 0.307 e. The molecule has 0 bridgehead atoms. The van der Waals surface area contributed by atoms with Crippen molar-refractivity contribution in [1.82, 2.24) is 0 Å². The van der Waals surface area contributed by atoms with Gasteiger partial charge in [0.15, 0.2) is 0 Å². The summed E-state index contributed by atoms with van der Waals surface area (Å²) in [6.07, 6.45) is -0.311. The largest absolute Gasteiger partial charge is 0.481 e. The van der Waals surface area contributed by atoms with Gasteiger partial charge in [0.05, 0.1) is 6.42 Å². The number of aliphatic carboxylic acids is 1. The second kappa shape index (κ2) is 3.75. The molecular weight excluding hydrogens is 195 g/mol. The number of hydrogen-bond acceptors (Lipinski definition) is 1. The molecule has 4 heteroatoms. The molecule has 0 fully saturated rings. The van der Waals surface area contributed by atoms with Crippen molar-refractivity contribution in [3.8, 4) is 0 Å². The van der Waals surface area contributed by atoms with Crippen LogP contribution in [-0.4, -0.2) is 11.1 Å².